The summed E-state index contributed by atoms with van der Waals surface area (Å²) in [4.78, 5) is 4.24. The van der Waals surface area contributed by atoms with Crippen LogP contribution in [-0.2, 0) is 0 Å². The van der Waals surface area contributed by atoms with Crippen LogP contribution >= 0.6 is 22.9 Å². The molecule has 21 heavy (non-hydrogen) atoms. The number of hydrogen-bond acceptors (Lipinski definition) is 2. The van der Waals surface area contributed by atoms with Crippen molar-refractivity contribution in [2.24, 2.45) is 0 Å². The van der Waals surface area contributed by atoms with Gasteiger partial charge in [-0.15, -0.1) is 11.3 Å². The normalized spacial score (nSPS) is 12.7. The quantitative estimate of drug-likeness (QED) is 0.428. The number of aromatic nitrogens is 1. The van der Waals surface area contributed by atoms with E-state index in [1.54, 1.807) is 11.4 Å². The molecule has 2 aromatic heterocycles. The van der Waals surface area contributed by atoms with Gasteiger partial charge in [0.25, 0.3) is 0 Å². The van der Waals surface area contributed by atoms with Crippen LogP contribution in [0, 0.1) is 0 Å². The number of halogens is 1. The Kier molecular flexibility index (Phi) is 3.63. The van der Waals surface area contributed by atoms with E-state index in [9.17, 15) is 0 Å². The molecule has 2 heterocycles. The topological polar surface area (TPSA) is 12.9 Å². The molecule has 3 rings (SSSR count). The number of fused-ring (bicyclic) bond motifs is 3. The van der Waals surface area contributed by atoms with Crippen LogP contribution < -0.4 is 5.19 Å². The predicted molar refractivity (Wildman–Crippen MR) is 99.2 cm³/mol. The lowest BCUT2D eigenvalue weighted by molar-refractivity contribution is 0.874. The van der Waals surface area contributed by atoms with Crippen molar-refractivity contribution in [3.05, 3.63) is 35.1 Å². The van der Waals surface area contributed by atoms with Crippen LogP contribution in [-0.4, -0.2) is 13.1 Å². The van der Waals surface area contributed by atoms with Gasteiger partial charge in [0, 0.05) is 21.7 Å². The Morgan fingerprint density at radius 2 is 1.71 bits per heavy atom. The standard InChI is InChI=1S/C17H20ClNSSi/c1-10(2)11-6-7-12-13-8-9-19-17(18)15(13)20-14(12)16(11)21(3,4)5/h6-10H,1-5H3. The lowest BCUT2D eigenvalue weighted by Gasteiger charge is -2.24. The second-order valence-electron chi connectivity index (χ2n) is 6.89. The molecule has 0 aliphatic heterocycles. The van der Waals surface area contributed by atoms with E-state index in [-0.39, 0.29) is 0 Å². The van der Waals surface area contributed by atoms with Crippen molar-refractivity contribution in [3.63, 3.8) is 0 Å². The van der Waals surface area contributed by atoms with Crippen molar-refractivity contribution in [3.8, 4) is 0 Å². The van der Waals surface area contributed by atoms with E-state index in [2.05, 4.69) is 56.7 Å². The van der Waals surface area contributed by atoms with E-state index in [0.29, 0.717) is 11.1 Å². The van der Waals surface area contributed by atoms with Gasteiger partial charge in [-0.1, -0.05) is 57.2 Å². The summed E-state index contributed by atoms with van der Waals surface area (Å²) in [6.45, 7) is 11.9. The van der Waals surface area contributed by atoms with Crippen molar-refractivity contribution in [2.45, 2.75) is 39.4 Å². The molecule has 0 N–H and O–H groups in total. The van der Waals surface area contributed by atoms with Crippen molar-refractivity contribution < 1.29 is 0 Å². The van der Waals surface area contributed by atoms with Crippen LogP contribution in [0.3, 0.4) is 0 Å². The van der Waals surface area contributed by atoms with E-state index in [1.165, 1.54) is 21.0 Å². The lowest BCUT2D eigenvalue weighted by atomic mass is 10.0. The minimum atomic E-state index is -1.44. The molecule has 0 saturated carbocycles. The SMILES string of the molecule is CC(C)c1ccc2c(sc3c(Cl)nccc32)c1[Si](C)(C)C. The fourth-order valence-corrected chi connectivity index (χ4v) is 7.54. The summed E-state index contributed by atoms with van der Waals surface area (Å²) in [5.41, 5.74) is 1.50. The zero-order valence-electron chi connectivity index (χ0n) is 13.1. The van der Waals surface area contributed by atoms with Gasteiger partial charge in [0.05, 0.1) is 12.8 Å². The van der Waals surface area contributed by atoms with Gasteiger partial charge < -0.3 is 0 Å². The van der Waals surface area contributed by atoms with Gasteiger partial charge in [-0.05, 0) is 22.7 Å². The molecular weight excluding hydrogens is 314 g/mol. The highest BCUT2D eigenvalue weighted by Gasteiger charge is 2.26. The van der Waals surface area contributed by atoms with E-state index in [0.717, 1.165) is 4.70 Å². The molecule has 0 atom stereocenters. The molecule has 0 amide bonds. The van der Waals surface area contributed by atoms with Gasteiger partial charge in [0.2, 0.25) is 0 Å². The Hall–Kier alpha value is -0.903. The van der Waals surface area contributed by atoms with Gasteiger partial charge >= 0.3 is 0 Å². The number of rotatable bonds is 2. The number of benzene rings is 1. The first-order valence-electron chi connectivity index (χ1n) is 7.31. The minimum absolute atomic E-state index is 0.551. The smallest absolute Gasteiger partial charge is 0.146 e. The number of nitrogens with zero attached hydrogens (tertiary/aromatic N) is 1. The maximum atomic E-state index is 6.31. The number of pyridine rings is 1. The van der Waals surface area contributed by atoms with E-state index in [4.69, 9.17) is 11.6 Å². The summed E-state index contributed by atoms with van der Waals surface area (Å²) in [6.07, 6.45) is 1.81. The fourth-order valence-electron chi connectivity index (χ4n) is 3.00. The zero-order chi connectivity index (χ0) is 15.4. The average Bonchev–Trinajstić information content (AvgIpc) is 2.76. The Balaban J connectivity index is 2.51. The first-order chi connectivity index (χ1) is 9.80. The molecule has 0 aliphatic rings. The third kappa shape index (κ3) is 2.41. The van der Waals surface area contributed by atoms with E-state index >= 15 is 0 Å². The molecule has 0 fully saturated rings. The molecule has 110 valence electrons. The van der Waals surface area contributed by atoms with Crippen LogP contribution in [0.15, 0.2) is 24.4 Å². The van der Waals surface area contributed by atoms with Crippen LogP contribution in [0.25, 0.3) is 20.2 Å². The van der Waals surface area contributed by atoms with Crippen molar-refractivity contribution in [2.75, 3.05) is 0 Å². The summed E-state index contributed by atoms with van der Waals surface area (Å²) >= 11 is 8.12. The minimum Gasteiger partial charge on any atom is -0.243 e. The van der Waals surface area contributed by atoms with Crippen molar-refractivity contribution in [1.82, 2.24) is 4.98 Å². The van der Waals surface area contributed by atoms with Gasteiger partial charge in [0.1, 0.15) is 5.15 Å². The van der Waals surface area contributed by atoms with Crippen LogP contribution in [0.5, 0.6) is 0 Å². The second kappa shape index (κ2) is 5.08. The number of thiophene rings is 1. The lowest BCUT2D eigenvalue weighted by Crippen LogP contribution is -2.40. The summed E-state index contributed by atoms with van der Waals surface area (Å²) in [5, 5.41) is 4.79. The van der Waals surface area contributed by atoms with Gasteiger partial charge in [-0.2, -0.15) is 0 Å². The van der Waals surface area contributed by atoms with Crippen molar-refractivity contribution in [1.29, 1.82) is 0 Å². The molecule has 0 saturated heterocycles. The van der Waals surface area contributed by atoms with Gasteiger partial charge in [0.15, 0.2) is 0 Å². The molecule has 0 unspecified atom stereocenters. The molecule has 0 radical (unpaired) electrons. The fraction of sp³-hybridized carbons (Fsp3) is 0.353. The molecule has 0 spiro atoms. The van der Waals surface area contributed by atoms with Crippen LogP contribution in [0.4, 0.5) is 0 Å². The van der Waals surface area contributed by atoms with Crippen LogP contribution in [0.2, 0.25) is 24.8 Å². The van der Waals surface area contributed by atoms with E-state index in [1.807, 2.05) is 11.3 Å². The third-order valence-corrected chi connectivity index (χ3v) is 7.78. The highest BCUT2D eigenvalue weighted by atomic mass is 35.5. The third-order valence-electron chi connectivity index (χ3n) is 3.92. The molecule has 0 bridgehead atoms. The van der Waals surface area contributed by atoms with Crippen LogP contribution in [0.1, 0.15) is 25.3 Å². The Bertz CT molecular complexity index is 830. The van der Waals surface area contributed by atoms with Gasteiger partial charge in [-0.25, -0.2) is 4.98 Å². The molecule has 0 aliphatic carbocycles. The first-order valence-corrected chi connectivity index (χ1v) is 12.0. The monoisotopic (exact) mass is 333 g/mol. The van der Waals surface area contributed by atoms with Crippen molar-refractivity contribution >= 4 is 56.4 Å². The number of hydrogen-bond donors (Lipinski definition) is 0. The molecule has 3 aromatic rings. The molecular formula is C17H20ClNSSi. The molecule has 1 nitrogen and oxygen atoms in total. The Morgan fingerprint density at radius 1 is 1.05 bits per heavy atom. The second-order valence-corrected chi connectivity index (χ2v) is 13.3. The first kappa shape index (κ1) is 15.0. The van der Waals surface area contributed by atoms with E-state index < -0.39 is 8.07 Å². The largest absolute Gasteiger partial charge is 0.243 e. The Labute approximate surface area is 136 Å². The highest BCUT2D eigenvalue weighted by molar-refractivity contribution is 7.28. The zero-order valence-corrected chi connectivity index (χ0v) is 15.7. The maximum absolute atomic E-state index is 6.31. The summed E-state index contributed by atoms with van der Waals surface area (Å²) in [5.74, 6) is 0.551. The predicted octanol–water partition coefficient (Wildman–Crippen LogP) is 5.77. The Morgan fingerprint density at radius 3 is 2.33 bits per heavy atom. The maximum Gasteiger partial charge on any atom is 0.146 e. The summed E-state index contributed by atoms with van der Waals surface area (Å²) in [6, 6.07) is 6.67. The highest BCUT2D eigenvalue weighted by Crippen LogP contribution is 2.38. The average molecular weight is 334 g/mol. The molecule has 1 aromatic carbocycles. The summed E-state index contributed by atoms with van der Waals surface area (Å²) in [7, 11) is -1.44. The summed E-state index contributed by atoms with van der Waals surface area (Å²) < 4.78 is 2.54. The molecule has 4 heteroatoms. The van der Waals surface area contributed by atoms with Gasteiger partial charge in [-0.3, -0.25) is 0 Å².